The lowest BCUT2D eigenvalue weighted by Gasteiger charge is -2.22. The Hall–Kier alpha value is -0.480. The van der Waals surface area contributed by atoms with Crippen molar-refractivity contribution in [2.45, 2.75) is 25.7 Å². The fourth-order valence-electron chi connectivity index (χ4n) is 2.48. The van der Waals surface area contributed by atoms with Crippen LogP contribution in [0, 0.1) is 5.92 Å². The molecule has 1 saturated heterocycles. The van der Waals surface area contributed by atoms with Gasteiger partial charge in [0.15, 0.2) is 0 Å². The van der Waals surface area contributed by atoms with Crippen molar-refractivity contribution in [1.29, 1.82) is 0 Å². The Morgan fingerprint density at radius 1 is 1.33 bits per heavy atom. The number of amides is 1. The van der Waals surface area contributed by atoms with E-state index < -0.39 is 0 Å². The van der Waals surface area contributed by atoms with Gasteiger partial charge in [-0.3, -0.25) is 4.79 Å². The molecule has 1 fully saturated rings. The summed E-state index contributed by atoms with van der Waals surface area (Å²) in [6.45, 7) is 2.94. The molecule has 1 atom stereocenters. The summed E-state index contributed by atoms with van der Waals surface area (Å²) in [4.78, 5) is 11.8. The number of carbonyl (C=O) groups is 1. The zero-order chi connectivity index (χ0) is 14.4. The first-order valence-electron chi connectivity index (χ1n) is 7.06. The SMILES string of the molecule is Cl.O=C(Cc1ccc(Cl)c(Cl)c1)NCCC1CCCNC1. The van der Waals surface area contributed by atoms with Crippen LogP contribution in [0.2, 0.25) is 10.0 Å². The standard InChI is InChI=1S/C15H20Cl2N2O.ClH/c16-13-4-3-12(8-14(13)17)9-15(20)19-7-5-11-2-1-6-18-10-11;/h3-4,8,11,18H,1-2,5-7,9-10H2,(H,19,20);1H. The summed E-state index contributed by atoms with van der Waals surface area (Å²) in [5.74, 6) is 0.723. The second kappa shape index (κ2) is 9.52. The molecular weight excluding hydrogens is 331 g/mol. The molecule has 118 valence electrons. The number of halogens is 3. The van der Waals surface area contributed by atoms with Crippen LogP contribution in [0.1, 0.15) is 24.8 Å². The van der Waals surface area contributed by atoms with Gasteiger partial charge in [-0.05, 0) is 56.0 Å². The van der Waals surface area contributed by atoms with Gasteiger partial charge < -0.3 is 10.6 Å². The number of hydrogen-bond donors (Lipinski definition) is 2. The molecule has 0 aromatic heterocycles. The average molecular weight is 352 g/mol. The van der Waals surface area contributed by atoms with Gasteiger partial charge in [0.25, 0.3) is 0 Å². The molecule has 0 aliphatic carbocycles. The van der Waals surface area contributed by atoms with E-state index in [4.69, 9.17) is 23.2 Å². The third-order valence-corrected chi connectivity index (χ3v) is 4.36. The van der Waals surface area contributed by atoms with Crippen molar-refractivity contribution in [3.8, 4) is 0 Å². The summed E-state index contributed by atoms with van der Waals surface area (Å²) in [5.41, 5.74) is 0.885. The Morgan fingerprint density at radius 2 is 2.14 bits per heavy atom. The minimum Gasteiger partial charge on any atom is -0.356 e. The van der Waals surface area contributed by atoms with Crippen LogP contribution in [0.25, 0.3) is 0 Å². The number of hydrogen-bond acceptors (Lipinski definition) is 2. The van der Waals surface area contributed by atoms with Crippen molar-refractivity contribution in [1.82, 2.24) is 10.6 Å². The van der Waals surface area contributed by atoms with E-state index in [1.54, 1.807) is 12.1 Å². The van der Waals surface area contributed by atoms with Crippen LogP contribution < -0.4 is 10.6 Å². The smallest absolute Gasteiger partial charge is 0.224 e. The lowest BCUT2D eigenvalue weighted by atomic mass is 9.96. The Bertz CT molecular complexity index is 462. The van der Waals surface area contributed by atoms with E-state index in [2.05, 4.69) is 10.6 Å². The molecule has 21 heavy (non-hydrogen) atoms. The molecule has 1 aromatic carbocycles. The second-order valence-electron chi connectivity index (χ2n) is 5.28. The fourth-order valence-corrected chi connectivity index (χ4v) is 2.80. The lowest BCUT2D eigenvalue weighted by Crippen LogP contribution is -2.33. The fraction of sp³-hybridized carbons (Fsp3) is 0.533. The van der Waals surface area contributed by atoms with E-state index in [0.717, 1.165) is 31.6 Å². The number of carbonyl (C=O) groups excluding carboxylic acids is 1. The molecule has 1 heterocycles. The summed E-state index contributed by atoms with van der Waals surface area (Å²) < 4.78 is 0. The highest BCUT2D eigenvalue weighted by Crippen LogP contribution is 2.22. The van der Waals surface area contributed by atoms with Gasteiger partial charge in [-0.1, -0.05) is 29.3 Å². The number of benzene rings is 1. The second-order valence-corrected chi connectivity index (χ2v) is 6.09. The van der Waals surface area contributed by atoms with Crippen LogP contribution in [0.4, 0.5) is 0 Å². The molecule has 2 rings (SSSR count). The topological polar surface area (TPSA) is 41.1 Å². The maximum Gasteiger partial charge on any atom is 0.224 e. The molecule has 1 unspecified atom stereocenters. The van der Waals surface area contributed by atoms with Crippen LogP contribution in [0.15, 0.2) is 18.2 Å². The van der Waals surface area contributed by atoms with Crippen LogP contribution in [-0.4, -0.2) is 25.5 Å². The normalized spacial score (nSPS) is 17.9. The van der Waals surface area contributed by atoms with Gasteiger partial charge in [0.1, 0.15) is 0 Å². The highest BCUT2D eigenvalue weighted by atomic mass is 35.5. The van der Waals surface area contributed by atoms with Crippen LogP contribution in [0.3, 0.4) is 0 Å². The first-order chi connectivity index (χ1) is 9.65. The molecule has 2 N–H and O–H groups in total. The highest BCUT2D eigenvalue weighted by molar-refractivity contribution is 6.42. The molecule has 0 radical (unpaired) electrons. The molecule has 1 amide bonds. The Morgan fingerprint density at radius 3 is 2.81 bits per heavy atom. The predicted octanol–water partition coefficient (Wildman–Crippen LogP) is 3.46. The molecule has 1 aliphatic heterocycles. The maximum absolute atomic E-state index is 11.8. The van der Waals surface area contributed by atoms with Crippen molar-refractivity contribution >= 4 is 41.5 Å². The summed E-state index contributed by atoms with van der Waals surface area (Å²) in [7, 11) is 0. The van der Waals surface area contributed by atoms with Crippen molar-refractivity contribution in [2.24, 2.45) is 5.92 Å². The van der Waals surface area contributed by atoms with Crippen LogP contribution >= 0.6 is 35.6 Å². The zero-order valence-corrected chi connectivity index (χ0v) is 14.2. The van der Waals surface area contributed by atoms with Gasteiger partial charge in [0.05, 0.1) is 16.5 Å². The highest BCUT2D eigenvalue weighted by Gasteiger charge is 2.13. The Kier molecular flexibility index (Phi) is 8.42. The van der Waals surface area contributed by atoms with Gasteiger partial charge in [-0.15, -0.1) is 12.4 Å². The average Bonchev–Trinajstić information content (AvgIpc) is 2.44. The van der Waals surface area contributed by atoms with E-state index in [0.29, 0.717) is 22.4 Å². The van der Waals surface area contributed by atoms with Crippen molar-refractivity contribution in [2.75, 3.05) is 19.6 Å². The molecule has 1 aromatic rings. The van der Waals surface area contributed by atoms with Gasteiger partial charge in [0, 0.05) is 6.54 Å². The first kappa shape index (κ1) is 18.6. The first-order valence-corrected chi connectivity index (χ1v) is 7.82. The molecule has 6 heteroatoms. The Balaban J connectivity index is 0.00000220. The maximum atomic E-state index is 11.8. The van der Waals surface area contributed by atoms with Crippen LogP contribution in [0.5, 0.6) is 0 Å². The molecule has 1 aliphatic rings. The number of nitrogens with one attached hydrogen (secondary N) is 2. The summed E-state index contributed by atoms with van der Waals surface area (Å²) in [6, 6.07) is 5.30. The van der Waals surface area contributed by atoms with E-state index in [9.17, 15) is 4.79 Å². The van der Waals surface area contributed by atoms with Crippen molar-refractivity contribution < 1.29 is 4.79 Å². The van der Waals surface area contributed by atoms with E-state index in [-0.39, 0.29) is 18.3 Å². The van der Waals surface area contributed by atoms with Gasteiger partial charge in [-0.2, -0.15) is 0 Å². The largest absolute Gasteiger partial charge is 0.356 e. The third kappa shape index (κ3) is 6.43. The minimum absolute atomic E-state index is 0. The summed E-state index contributed by atoms with van der Waals surface area (Å²) in [5, 5.41) is 7.36. The monoisotopic (exact) mass is 350 g/mol. The zero-order valence-electron chi connectivity index (χ0n) is 11.8. The lowest BCUT2D eigenvalue weighted by molar-refractivity contribution is -0.120. The number of rotatable bonds is 5. The quantitative estimate of drug-likeness (QED) is 0.853. The molecule has 0 spiro atoms. The van der Waals surface area contributed by atoms with Gasteiger partial charge in [-0.25, -0.2) is 0 Å². The van der Waals surface area contributed by atoms with Gasteiger partial charge in [0.2, 0.25) is 5.91 Å². The van der Waals surface area contributed by atoms with E-state index >= 15 is 0 Å². The number of piperidine rings is 1. The van der Waals surface area contributed by atoms with Gasteiger partial charge >= 0.3 is 0 Å². The minimum atomic E-state index is 0. The van der Waals surface area contributed by atoms with Crippen molar-refractivity contribution in [3.63, 3.8) is 0 Å². The predicted molar refractivity (Wildman–Crippen MR) is 90.6 cm³/mol. The summed E-state index contributed by atoms with van der Waals surface area (Å²) in [6.07, 6.45) is 3.89. The van der Waals surface area contributed by atoms with Crippen molar-refractivity contribution in [3.05, 3.63) is 33.8 Å². The van der Waals surface area contributed by atoms with E-state index in [1.165, 1.54) is 12.8 Å². The molecule has 0 bridgehead atoms. The van der Waals surface area contributed by atoms with E-state index in [1.807, 2.05) is 6.07 Å². The molecule has 3 nitrogen and oxygen atoms in total. The molecular formula is C15H21Cl3N2O. The Labute approximate surface area is 142 Å². The molecule has 0 saturated carbocycles. The van der Waals surface area contributed by atoms with Crippen LogP contribution in [-0.2, 0) is 11.2 Å². The third-order valence-electron chi connectivity index (χ3n) is 3.62. The summed E-state index contributed by atoms with van der Waals surface area (Å²) >= 11 is 11.8.